The number of sulfonamides is 1. The normalized spacial score (nSPS) is 19.5. The highest BCUT2D eigenvalue weighted by molar-refractivity contribution is 7.90. The van der Waals surface area contributed by atoms with Crippen LogP contribution in [-0.4, -0.2) is 37.2 Å². The third kappa shape index (κ3) is 3.09. The highest BCUT2D eigenvalue weighted by Gasteiger charge is 2.32. The number of piperidine rings is 1. The molecule has 16 heavy (non-hydrogen) atoms. The zero-order valence-corrected chi connectivity index (χ0v) is 10.8. The molecule has 0 aromatic heterocycles. The van der Waals surface area contributed by atoms with Crippen LogP contribution in [0.3, 0.4) is 0 Å². The summed E-state index contributed by atoms with van der Waals surface area (Å²) < 4.78 is 25.7. The van der Waals surface area contributed by atoms with Gasteiger partial charge in [-0.2, -0.15) is 5.26 Å². The zero-order chi connectivity index (χ0) is 12.4. The summed E-state index contributed by atoms with van der Waals surface area (Å²) in [7, 11) is -3.27. The molecule has 1 rings (SSSR count). The quantitative estimate of drug-likeness (QED) is 0.725. The first-order valence-corrected chi connectivity index (χ1v) is 6.91. The van der Waals surface area contributed by atoms with E-state index in [1.165, 1.54) is 0 Å². The van der Waals surface area contributed by atoms with Crippen LogP contribution >= 0.6 is 0 Å². The Hall–Kier alpha value is -0.800. The summed E-state index contributed by atoms with van der Waals surface area (Å²) in [4.78, 5) is 1.65. The molecule has 0 aromatic rings. The van der Waals surface area contributed by atoms with E-state index in [2.05, 4.69) is 10.9 Å². The van der Waals surface area contributed by atoms with Crippen molar-refractivity contribution in [3.05, 3.63) is 0 Å². The molecule has 1 N–H and O–H groups in total. The van der Waals surface area contributed by atoms with Gasteiger partial charge in [0, 0.05) is 19.1 Å². The average Bonchev–Trinajstić information content (AvgIpc) is 2.16. The Morgan fingerprint density at radius 1 is 1.31 bits per heavy atom. The molecule has 1 aliphatic rings. The molecule has 1 aliphatic heterocycles. The number of nitriles is 1. The molecule has 1 saturated heterocycles. The Balaban J connectivity index is 2.56. The van der Waals surface area contributed by atoms with Crippen LogP contribution < -0.4 is 4.72 Å². The minimum Gasteiger partial charge on any atom is -0.311 e. The fraction of sp³-hybridized carbons (Fsp3) is 0.900. The van der Waals surface area contributed by atoms with Gasteiger partial charge in [0.05, 0.1) is 4.75 Å². The van der Waals surface area contributed by atoms with Crippen molar-refractivity contribution < 1.29 is 8.42 Å². The Kier molecular flexibility index (Phi) is 3.81. The monoisotopic (exact) mass is 245 g/mol. The van der Waals surface area contributed by atoms with Crippen molar-refractivity contribution in [1.82, 2.24) is 9.62 Å². The van der Waals surface area contributed by atoms with Crippen molar-refractivity contribution in [2.45, 2.75) is 44.4 Å². The molecule has 0 aromatic carbocycles. The standard InChI is InChI=1S/C10H19N3O2S/c1-10(2,3)16(14,15)12-9-4-6-13(8-11)7-5-9/h9,12H,4-7H2,1-3H3. The highest BCUT2D eigenvalue weighted by atomic mass is 32.2. The minimum absolute atomic E-state index is 0.0335. The van der Waals surface area contributed by atoms with E-state index < -0.39 is 14.8 Å². The van der Waals surface area contributed by atoms with Gasteiger partial charge in [0.2, 0.25) is 10.0 Å². The molecular weight excluding hydrogens is 226 g/mol. The second-order valence-corrected chi connectivity index (χ2v) is 7.56. The summed E-state index contributed by atoms with van der Waals surface area (Å²) >= 11 is 0. The SMILES string of the molecule is CC(C)(C)S(=O)(=O)NC1CCN(C#N)CC1. The summed E-state index contributed by atoms with van der Waals surface area (Å²) in [5.41, 5.74) is 0. The van der Waals surface area contributed by atoms with Crippen molar-refractivity contribution >= 4 is 10.0 Å². The Bertz CT molecular complexity index is 370. The summed E-state index contributed by atoms with van der Waals surface area (Å²) in [5, 5.41) is 8.68. The molecule has 5 nitrogen and oxygen atoms in total. The first-order valence-electron chi connectivity index (χ1n) is 5.43. The smallest absolute Gasteiger partial charge is 0.216 e. The predicted molar refractivity (Wildman–Crippen MR) is 62.0 cm³/mol. The summed E-state index contributed by atoms with van der Waals surface area (Å²) in [6, 6.07) is -0.0335. The van der Waals surface area contributed by atoms with E-state index in [9.17, 15) is 8.42 Å². The second kappa shape index (κ2) is 4.60. The topological polar surface area (TPSA) is 73.2 Å². The van der Waals surface area contributed by atoms with Crippen LogP contribution in [0.1, 0.15) is 33.6 Å². The Morgan fingerprint density at radius 3 is 2.19 bits per heavy atom. The molecule has 0 unspecified atom stereocenters. The summed E-state index contributed by atoms with van der Waals surface area (Å²) in [5.74, 6) is 0. The number of likely N-dealkylation sites (tertiary alicyclic amines) is 1. The van der Waals surface area contributed by atoms with E-state index >= 15 is 0 Å². The lowest BCUT2D eigenvalue weighted by atomic mass is 10.1. The summed E-state index contributed by atoms with van der Waals surface area (Å²) in [6.07, 6.45) is 3.47. The maximum Gasteiger partial charge on any atom is 0.216 e. The van der Waals surface area contributed by atoms with E-state index in [-0.39, 0.29) is 6.04 Å². The lowest BCUT2D eigenvalue weighted by Gasteiger charge is -2.31. The molecule has 0 amide bonds. The highest BCUT2D eigenvalue weighted by Crippen LogP contribution is 2.17. The fourth-order valence-corrected chi connectivity index (χ4v) is 2.52. The van der Waals surface area contributed by atoms with E-state index in [4.69, 9.17) is 5.26 Å². The predicted octanol–water partition coefficient (Wildman–Crippen LogP) is 0.650. The first kappa shape index (κ1) is 13.3. The number of nitrogens with zero attached hydrogens (tertiary/aromatic N) is 2. The van der Waals surface area contributed by atoms with Gasteiger partial charge >= 0.3 is 0 Å². The molecule has 0 aliphatic carbocycles. The molecule has 0 spiro atoms. The number of rotatable bonds is 2. The van der Waals surface area contributed by atoms with Gasteiger partial charge in [0.1, 0.15) is 0 Å². The third-order valence-corrected chi connectivity index (χ3v) is 5.02. The molecule has 0 saturated carbocycles. The molecule has 0 radical (unpaired) electrons. The van der Waals surface area contributed by atoms with Gasteiger partial charge < -0.3 is 4.90 Å². The molecule has 1 fully saturated rings. The number of hydrogen-bond acceptors (Lipinski definition) is 4. The number of hydrogen-bond donors (Lipinski definition) is 1. The molecule has 0 bridgehead atoms. The molecule has 1 heterocycles. The van der Waals surface area contributed by atoms with Crippen molar-refractivity contribution in [2.75, 3.05) is 13.1 Å². The molecule has 0 atom stereocenters. The van der Waals surface area contributed by atoms with Crippen LogP contribution in [0.5, 0.6) is 0 Å². The van der Waals surface area contributed by atoms with Gasteiger partial charge in [-0.3, -0.25) is 0 Å². The number of nitrogens with one attached hydrogen (secondary N) is 1. The van der Waals surface area contributed by atoms with Crippen molar-refractivity contribution in [1.29, 1.82) is 5.26 Å². The molecule has 6 heteroatoms. The van der Waals surface area contributed by atoms with Crippen molar-refractivity contribution in [3.63, 3.8) is 0 Å². The molecular formula is C10H19N3O2S. The van der Waals surface area contributed by atoms with Gasteiger partial charge in [-0.1, -0.05) is 0 Å². The largest absolute Gasteiger partial charge is 0.311 e. The third-order valence-electron chi connectivity index (χ3n) is 2.76. The zero-order valence-electron chi connectivity index (χ0n) is 10.0. The maximum absolute atomic E-state index is 11.9. The van der Waals surface area contributed by atoms with E-state index in [0.717, 1.165) is 0 Å². The van der Waals surface area contributed by atoms with E-state index in [1.807, 2.05) is 0 Å². The van der Waals surface area contributed by atoms with Crippen LogP contribution in [0, 0.1) is 11.5 Å². The molecule has 92 valence electrons. The van der Waals surface area contributed by atoms with Crippen LogP contribution in [0.2, 0.25) is 0 Å². The minimum atomic E-state index is -3.27. The lowest BCUT2D eigenvalue weighted by Crippen LogP contribution is -2.48. The van der Waals surface area contributed by atoms with Crippen LogP contribution in [0.4, 0.5) is 0 Å². The van der Waals surface area contributed by atoms with Crippen molar-refractivity contribution in [2.24, 2.45) is 0 Å². The van der Waals surface area contributed by atoms with Crippen LogP contribution in [-0.2, 0) is 10.0 Å². The van der Waals surface area contributed by atoms with Gasteiger partial charge in [-0.15, -0.1) is 0 Å². The van der Waals surface area contributed by atoms with E-state index in [0.29, 0.717) is 25.9 Å². The Morgan fingerprint density at radius 2 is 1.81 bits per heavy atom. The first-order chi connectivity index (χ1) is 7.26. The average molecular weight is 245 g/mol. The Labute approximate surface area is 97.5 Å². The lowest BCUT2D eigenvalue weighted by molar-refractivity contribution is 0.284. The van der Waals surface area contributed by atoms with Gasteiger partial charge in [0.15, 0.2) is 6.19 Å². The van der Waals surface area contributed by atoms with Gasteiger partial charge in [-0.25, -0.2) is 13.1 Å². The van der Waals surface area contributed by atoms with Crippen LogP contribution in [0.15, 0.2) is 0 Å². The second-order valence-electron chi connectivity index (χ2n) is 5.09. The maximum atomic E-state index is 11.9. The van der Waals surface area contributed by atoms with Crippen molar-refractivity contribution in [3.8, 4) is 6.19 Å². The summed E-state index contributed by atoms with van der Waals surface area (Å²) in [6.45, 7) is 6.31. The van der Waals surface area contributed by atoms with Gasteiger partial charge in [0.25, 0.3) is 0 Å². The van der Waals surface area contributed by atoms with Gasteiger partial charge in [-0.05, 0) is 33.6 Å². The fourth-order valence-electron chi connectivity index (χ4n) is 1.49. The van der Waals surface area contributed by atoms with Crippen LogP contribution in [0.25, 0.3) is 0 Å². The van der Waals surface area contributed by atoms with E-state index in [1.54, 1.807) is 25.7 Å².